The SMILES string of the molecule is CNC(=O)N1CCc2c(nc(C)n2C2C[C@H]3CC[C@H](C2)N3CCCN(C(=O)Nc2ccc(F)cc2)c2ccccc2)C1. The number of rotatable bonds is 7. The highest BCUT2D eigenvalue weighted by Gasteiger charge is 2.42. The molecule has 2 atom stereocenters. The van der Waals surface area contributed by atoms with Crippen molar-refractivity contribution in [1.29, 1.82) is 0 Å². The van der Waals surface area contributed by atoms with E-state index in [4.69, 9.17) is 4.98 Å². The topological polar surface area (TPSA) is 85.7 Å². The van der Waals surface area contributed by atoms with Crippen molar-refractivity contribution in [2.45, 2.75) is 70.1 Å². The van der Waals surface area contributed by atoms with Crippen molar-refractivity contribution in [3.63, 3.8) is 0 Å². The van der Waals surface area contributed by atoms with Gasteiger partial charge in [0.1, 0.15) is 11.6 Å². The monoisotopic (exact) mass is 573 g/mol. The summed E-state index contributed by atoms with van der Waals surface area (Å²) in [6, 6.07) is 16.8. The number of imidazole rings is 1. The minimum atomic E-state index is -0.331. The van der Waals surface area contributed by atoms with E-state index >= 15 is 0 Å². The van der Waals surface area contributed by atoms with E-state index in [0.717, 1.165) is 56.0 Å². The van der Waals surface area contributed by atoms with Crippen LogP contribution in [0.1, 0.15) is 55.4 Å². The molecule has 4 amide bonds. The van der Waals surface area contributed by atoms with Crippen LogP contribution in [0.3, 0.4) is 0 Å². The second kappa shape index (κ2) is 12.1. The highest BCUT2D eigenvalue weighted by molar-refractivity contribution is 6.01. The molecular weight excluding hydrogens is 533 g/mol. The van der Waals surface area contributed by atoms with Gasteiger partial charge in [-0.1, -0.05) is 18.2 Å². The first-order valence-corrected chi connectivity index (χ1v) is 15.1. The van der Waals surface area contributed by atoms with E-state index in [9.17, 15) is 14.0 Å². The number of urea groups is 2. The van der Waals surface area contributed by atoms with Gasteiger partial charge >= 0.3 is 12.1 Å². The number of nitrogens with one attached hydrogen (secondary N) is 2. The van der Waals surface area contributed by atoms with Crippen LogP contribution in [0.5, 0.6) is 0 Å². The maximum atomic E-state index is 13.4. The van der Waals surface area contributed by atoms with Crippen LogP contribution in [0.4, 0.5) is 25.4 Å². The average Bonchev–Trinajstić information content (AvgIpc) is 3.45. The molecule has 0 spiro atoms. The molecule has 2 aromatic carbocycles. The maximum absolute atomic E-state index is 13.4. The molecule has 3 aliphatic rings. The quantitative estimate of drug-likeness (QED) is 0.401. The van der Waals surface area contributed by atoms with Gasteiger partial charge in [0.15, 0.2) is 0 Å². The number of aromatic nitrogens is 2. The first-order valence-electron chi connectivity index (χ1n) is 15.1. The minimum absolute atomic E-state index is 0.0435. The van der Waals surface area contributed by atoms with Gasteiger partial charge in [0.05, 0.1) is 12.2 Å². The largest absolute Gasteiger partial charge is 0.341 e. The Morgan fingerprint density at radius 3 is 2.43 bits per heavy atom. The molecular formula is C32H40FN7O2. The number of hydrogen-bond donors (Lipinski definition) is 2. The number of amides is 4. The predicted molar refractivity (Wildman–Crippen MR) is 161 cm³/mol. The Morgan fingerprint density at radius 2 is 1.74 bits per heavy atom. The second-order valence-corrected chi connectivity index (χ2v) is 11.7. The molecule has 3 aliphatic heterocycles. The normalized spacial score (nSPS) is 21.6. The zero-order valence-electron chi connectivity index (χ0n) is 24.4. The molecule has 2 saturated heterocycles. The van der Waals surface area contributed by atoms with E-state index < -0.39 is 0 Å². The van der Waals surface area contributed by atoms with Crippen molar-refractivity contribution >= 4 is 23.4 Å². The summed E-state index contributed by atoms with van der Waals surface area (Å²) in [6.45, 7) is 4.92. The number of nitrogens with zero attached hydrogens (tertiary/aromatic N) is 5. The van der Waals surface area contributed by atoms with Crippen LogP contribution >= 0.6 is 0 Å². The summed E-state index contributed by atoms with van der Waals surface area (Å²) in [7, 11) is 1.67. The summed E-state index contributed by atoms with van der Waals surface area (Å²) in [6.07, 6.45) is 6.32. The molecule has 0 radical (unpaired) electrons. The van der Waals surface area contributed by atoms with E-state index in [0.29, 0.717) is 36.9 Å². The van der Waals surface area contributed by atoms with Gasteiger partial charge < -0.3 is 20.1 Å². The number of fused-ring (bicyclic) bond motifs is 3. The number of anilines is 2. The summed E-state index contributed by atoms with van der Waals surface area (Å²) in [5.41, 5.74) is 3.75. The fraction of sp³-hybridized carbons (Fsp3) is 0.469. The first kappa shape index (κ1) is 28.2. The molecule has 42 heavy (non-hydrogen) atoms. The highest BCUT2D eigenvalue weighted by atomic mass is 19.1. The Hall–Kier alpha value is -3.92. The molecule has 2 N–H and O–H groups in total. The Kier molecular flexibility index (Phi) is 8.15. The summed E-state index contributed by atoms with van der Waals surface area (Å²) >= 11 is 0. The lowest BCUT2D eigenvalue weighted by atomic mass is 9.95. The van der Waals surface area contributed by atoms with Gasteiger partial charge in [0, 0.05) is 68.3 Å². The Balaban J connectivity index is 1.09. The van der Waals surface area contributed by atoms with Crippen LogP contribution in [0.25, 0.3) is 0 Å². The number of piperidine rings is 1. The molecule has 0 saturated carbocycles. The number of para-hydroxylation sites is 1. The number of halogens is 1. The van der Waals surface area contributed by atoms with Crippen LogP contribution in [0, 0.1) is 12.7 Å². The van der Waals surface area contributed by atoms with Crippen LogP contribution in [-0.4, -0.2) is 70.2 Å². The Morgan fingerprint density at radius 1 is 1.02 bits per heavy atom. The third kappa shape index (κ3) is 5.72. The fourth-order valence-corrected chi connectivity index (χ4v) is 7.27. The third-order valence-corrected chi connectivity index (χ3v) is 9.16. The fourth-order valence-electron chi connectivity index (χ4n) is 7.27. The average molecular weight is 574 g/mol. The molecule has 9 nitrogen and oxygen atoms in total. The van der Waals surface area contributed by atoms with Gasteiger partial charge in [-0.2, -0.15) is 0 Å². The van der Waals surface area contributed by atoms with Crippen LogP contribution in [0.2, 0.25) is 0 Å². The van der Waals surface area contributed by atoms with Gasteiger partial charge in [-0.15, -0.1) is 0 Å². The van der Waals surface area contributed by atoms with E-state index in [1.165, 1.54) is 30.7 Å². The maximum Gasteiger partial charge on any atom is 0.326 e. The van der Waals surface area contributed by atoms with Crippen molar-refractivity contribution in [1.82, 2.24) is 24.7 Å². The van der Waals surface area contributed by atoms with Crippen LogP contribution in [-0.2, 0) is 13.0 Å². The number of carbonyl (C=O) groups excluding carboxylic acids is 2. The lowest BCUT2D eigenvalue weighted by Gasteiger charge is -2.41. The second-order valence-electron chi connectivity index (χ2n) is 11.7. The minimum Gasteiger partial charge on any atom is -0.341 e. The molecule has 2 bridgehead atoms. The highest BCUT2D eigenvalue weighted by Crippen LogP contribution is 2.42. The van der Waals surface area contributed by atoms with Crippen molar-refractivity contribution in [2.75, 3.05) is 36.9 Å². The van der Waals surface area contributed by atoms with Crippen molar-refractivity contribution in [3.8, 4) is 0 Å². The molecule has 0 unspecified atom stereocenters. The molecule has 1 aromatic heterocycles. The third-order valence-electron chi connectivity index (χ3n) is 9.16. The van der Waals surface area contributed by atoms with Gasteiger partial charge in [0.2, 0.25) is 0 Å². The lowest BCUT2D eigenvalue weighted by molar-refractivity contribution is 0.104. The van der Waals surface area contributed by atoms with Crippen LogP contribution in [0.15, 0.2) is 54.6 Å². The zero-order chi connectivity index (χ0) is 29.2. The van der Waals surface area contributed by atoms with Gasteiger partial charge in [-0.05, 0) is 75.4 Å². The molecule has 10 heteroatoms. The number of aryl methyl sites for hydroxylation is 1. The van der Waals surface area contributed by atoms with Crippen molar-refractivity contribution < 1.29 is 14.0 Å². The number of hydrogen-bond acceptors (Lipinski definition) is 4. The predicted octanol–water partition coefficient (Wildman–Crippen LogP) is 5.32. The van der Waals surface area contributed by atoms with Crippen LogP contribution < -0.4 is 15.5 Å². The molecule has 3 aromatic rings. The lowest BCUT2D eigenvalue weighted by Crippen LogP contribution is -2.46. The number of benzene rings is 2. The standard InChI is InChI=1S/C32H40FN7O2/c1-22-35-29-21-37(31(41)34-2)18-15-30(29)40(22)28-19-26-13-14-27(20-28)38(26)16-6-17-39(25-7-4-3-5-8-25)32(42)36-24-11-9-23(33)10-12-24/h3-5,7-12,26-28H,6,13-21H2,1-2H3,(H,34,41)(H,36,42)/t26-,27-/m1/s1. The Labute approximate surface area is 246 Å². The Bertz CT molecular complexity index is 1400. The van der Waals surface area contributed by atoms with Gasteiger partial charge in [-0.25, -0.2) is 19.0 Å². The molecule has 222 valence electrons. The van der Waals surface area contributed by atoms with E-state index in [1.807, 2.05) is 35.2 Å². The smallest absolute Gasteiger partial charge is 0.326 e. The number of carbonyl (C=O) groups is 2. The molecule has 0 aliphatic carbocycles. The summed E-state index contributed by atoms with van der Waals surface area (Å²) < 4.78 is 15.8. The molecule has 4 heterocycles. The first-order chi connectivity index (χ1) is 20.4. The zero-order valence-corrected chi connectivity index (χ0v) is 24.4. The van der Waals surface area contributed by atoms with E-state index in [2.05, 4.69) is 27.0 Å². The van der Waals surface area contributed by atoms with E-state index in [1.54, 1.807) is 24.1 Å². The van der Waals surface area contributed by atoms with E-state index in [-0.39, 0.29) is 17.9 Å². The van der Waals surface area contributed by atoms with Gasteiger partial charge in [-0.3, -0.25) is 9.80 Å². The van der Waals surface area contributed by atoms with Crippen molar-refractivity contribution in [2.24, 2.45) is 0 Å². The molecule has 6 rings (SSSR count). The summed E-state index contributed by atoms with van der Waals surface area (Å²) in [5, 5.41) is 5.66. The van der Waals surface area contributed by atoms with Gasteiger partial charge in [0.25, 0.3) is 0 Å². The molecule has 2 fully saturated rings. The van der Waals surface area contributed by atoms with Crippen molar-refractivity contribution in [3.05, 3.63) is 77.6 Å². The summed E-state index contributed by atoms with van der Waals surface area (Å²) in [5.74, 6) is 0.726. The summed E-state index contributed by atoms with van der Waals surface area (Å²) in [4.78, 5) is 36.7.